The van der Waals surface area contributed by atoms with Gasteiger partial charge in [0, 0.05) is 28.3 Å². The Morgan fingerprint density at radius 2 is 2.06 bits per heavy atom. The SMILES string of the molecule is Cc1cccnc1Cn1ccc2c(Cl)cccc21. The average molecular weight is 257 g/mol. The van der Waals surface area contributed by atoms with Crippen LogP contribution < -0.4 is 0 Å². The van der Waals surface area contributed by atoms with Crippen molar-refractivity contribution in [2.24, 2.45) is 0 Å². The standard InChI is InChI=1S/C15H13ClN2/c1-11-4-3-8-17-14(11)10-18-9-7-12-13(16)5-2-6-15(12)18/h2-9H,10H2,1H3. The minimum atomic E-state index is 0.774. The second-order valence-corrected chi connectivity index (χ2v) is 4.79. The number of fused-ring (bicyclic) bond motifs is 1. The number of pyridine rings is 1. The molecule has 2 nitrogen and oxygen atoms in total. The number of hydrogen-bond acceptors (Lipinski definition) is 1. The van der Waals surface area contributed by atoms with E-state index in [1.54, 1.807) is 0 Å². The maximum atomic E-state index is 6.18. The van der Waals surface area contributed by atoms with Crippen LogP contribution in [0.5, 0.6) is 0 Å². The topological polar surface area (TPSA) is 17.8 Å². The van der Waals surface area contributed by atoms with Crippen molar-refractivity contribution in [1.29, 1.82) is 0 Å². The maximum Gasteiger partial charge on any atom is 0.0651 e. The van der Waals surface area contributed by atoms with Crippen molar-refractivity contribution in [3.8, 4) is 0 Å². The fourth-order valence-electron chi connectivity index (χ4n) is 2.17. The van der Waals surface area contributed by atoms with Gasteiger partial charge in [0.2, 0.25) is 0 Å². The zero-order valence-electron chi connectivity index (χ0n) is 10.1. The third-order valence-electron chi connectivity index (χ3n) is 3.20. The minimum absolute atomic E-state index is 0.774. The second kappa shape index (κ2) is 4.46. The lowest BCUT2D eigenvalue weighted by Crippen LogP contribution is -2.02. The van der Waals surface area contributed by atoms with E-state index in [0.29, 0.717) is 0 Å². The summed E-state index contributed by atoms with van der Waals surface area (Å²) in [4.78, 5) is 4.43. The summed E-state index contributed by atoms with van der Waals surface area (Å²) in [6.45, 7) is 2.86. The van der Waals surface area contributed by atoms with Crippen molar-refractivity contribution in [1.82, 2.24) is 9.55 Å². The molecule has 0 amide bonds. The van der Waals surface area contributed by atoms with Crippen molar-refractivity contribution in [3.05, 3.63) is 65.1 Å². The molecule has 0 radical (unpaired) electrons. The van der Waals surface area contributed by atoms with E-state index in [0.717, 1.165) is 28.2 Å². The highest BCUT2D eigenvalue weighted by atomic mass is 35.5. The first-order chi connectivity index (χ1) is 8.75. The largest absolute Gasteiger partial charge is 0.341 e. The summed E-state index contributed by atoms with van der Waals surface area (Å²) in [6, 6.07) is 12.1. The van der Waals surface area contributed by atoms with Gasteiger partial charge in [-0.15, -0.1) is 0 Å². The Morgan fingerprint density at radius 1 is 1.17 bits per heavy atom. The third-order valence-corrected chi connectivity index (χ3v) is 3.53. The monoisotopic (exact) mass is 256 g/mol. The van der Waals surface area contributed by atoms with E-state index in [9.17, 15) is 0 Å². The highest BCUT2D eigenvalue weighted by Gasteiger charge is 2.06. The predicted octanol–water partition coefficient (Wildman–Crippen LogP) is 4.05. The lowest BCUT2D eigenvalue weighted by molar-refractivity contribution is 0.799. The summed E-state index contributed by atoms with van der Waals surface area (Å²) in [5, 5.41) is 1.89. The van der Waals surface area contributed by atoms with Crippen LogP contribution >= 0.6 is 11.6 Å². The Hall–Kier alpha value is -1.80. The van der Waals surface area contributed by atoms with Crippen molar-refractivity contribution in [2.45, 2.75) is 13.5 Å². The Labute approximate surface area is 111 Å². The molecule has 3 aromatic rings. The molecule has 1 aromatic carbocycles. The van der Waals surface area contributed by atoms with Crippen LogP contribution in [0.15, 0.2) is 48.8 Å². The van der Waals surface area contributed by atoms with Gasteiger partial charge in [0.1, 0.15) is 0 Å². The van der Waals surface area contributed by atoms with Gasteiger partial charge in [-0.25, -0.2) is 0 Å². The van der Waals surface area contributed by atoms with Crippen molar-refractivity contribution in [3.63, 3.8) is 0 Å². The highest BCUT2D eigenvalue weighted by Crippen LogP contribution is 2.24. The first-order valence-corrected chi connectivity index (χ1v) is 6.27. The van der Waals surface area contributed by atoms with E-state index in [4.69, 9.17) is 11.6 Å². The second-order valence-electron chi connectivity index (χ2n) is 4.38. The zero-order valence-corrected chi connectivity index (χ0v) is 10.9. The van der Waals surface area contributed by atoms with Gasteiger partial charge in [-0.2, -0.15) is 0 Å². The van der Waals surface area contributed by atoms with E-state index >= 15 is 0 Å². The van der Waals surface area contributed by atoms with Crippen LogP contribution in [-0.2, 0) is 6.54 Å². The van der Waals surface area contributed by atoms with Crippen LogP contribution in [0.25, 0.3) is 10.9 Å². The van der Waals surface area contributed by atoms with Gasteiger partial charge in [-0.05, 0) is 36.8 Å². The molecule has 0 N–H and O–H groups in total. The number of nitrogens with zero attached hydrogens (tertiary/aromatic N) is 2. The van der Waals surface area contributed by atoms with Gasteiger partial charge < -0.3 is 4.57 Å². The molecule has 0 bridgehead atoms. The molecule has 0 saturated carbocycles. The fourth-order valence-corrected chi connectivity index (χ4v) is 2.40. The van der Waals surface area contributed by atoms with Gasteiger partial charge in [0.25, 0.3) is 0 Å². The lowest BCUT2D eigenvalue weighted by atomic mass is 10.2. The predicted molar refractivity (Wildman–Crippen MR) is 75.0 cm³/mol. The molecule has 0 spiro atoms. The lowest BCUT2D eigenvalue weighted by Gasteiger charge is -2.07. The van der Waals surface area contributed by atoms with Crippen LogP contribution in [-0.4, -0.2) is 9.55 Å². The van der Waals surface area contributed by atoms with Gasteiger partial charge in [-0.3, -0.25) is 4.98 Å². The quantitative estimate of drug-likeness (QED) is 0.676. The highest BCUT2D eigenvalue weighted by molar-refractivity contribution is 6.35. The van der Waals surface area contributed by atoms with Crippen LogP contribution in [0.4, 0.5) is 0 Å². The first-order valence-electron chi connectivity index (χ1n) is 5.89. The molecule has 2 heterocycles. The molecule has 18 heavy (non-hydrogen) atoms. The van der Waals surface area contributed by atoms with Crippen LogP contribution in [0.1, 0.15) is 11.3 Å². The van der Waals surface area contributed by atoms with E-state index in [-0.39, 0.29) is 0 Å². The van der Waals surface area contributed by atoms with E-state index in [2.05, 4.69) is 40.9 Å². The van der Waals surface area contributed by atoms with Gasteiger partial charge in [0.05, 0.1) is 12.2 Å². The summed E-state index contributed by atoms with van der Waals surface area (Å²) in [6.07, 6.45) is 3.89. The zero-order chi connectivity index (χ0) is 12.5. The molecule has 3 rings (SSSR count). The molecule has 3 heteroatoms. The molecule has 0 fully saturated rings. The van der Waals surface area contributed by atoms with E-state index < -0.39 is 0 Å². The summed E-state index contributed by atoms with van der Waals surface area (Å²) < 4.78 is 2.18. The third kappa shape index (κ3) is 1.89. The molecule has 0 aliphatic heterocycles. The van der Waals surface area contributed by atoms with Gasteiger partial charge >= 0.3 is 0 Å². The molecule has 0 atom stereocenters. The molecule has 90 valence electrons. The maximum absolute atomic E-state index is 6.18. The van der Waals surface area contributed by atoms with Crippen LogP contribution in [0, 0.1) is 6.92 Å². The number of benzene rings is 1. The van der Waals surface area contributed by atoms with Gasteiger partial charge in [0.15, 0.2) is 0 Å². The van der Waals surface area contributed by atoms with Crippen LogP contribution in [0.3, 0.4) is 0 Å². The van der Waals surface area contributed by atoms with E-state index in [1.165, 1.54) is 5.56 Å². The normalized spacial score (nSPS) is 11.0. The summed E-state index contributed by atoms with van der Waals surface area (Å²) in [7, 11) is 0. The number of rotatable bonds is 2. The summed E-state index contributed by atoms with van der Waals surface area (Å²) in [5.74, 6) is 0. The smallest absolute Gasteiger partial charge is 0.0651 e. The van der Waals surface area contributed by atoms with Gasteiger partial charge in [-0.1, -0.05) is 23.7 Å². The van der Waals surface area contributed by atoms with Crippen molar-refractivity contribution in [2.75, 3.05) is 0 Å². The fraction of sp³-hybridized carbons (Fsp3) is 0.133. The molecule has 0 saturated heterocycles. The minimum Gasteiger partial charge on any atom is -0.341 e. The molecule has 0 aliphatic carbocycles. The number of aromatic nitrogens is 2. The van der Waals surface area contributed by atoms with Crippen molar-refractivity contribution >= 4 is 22.5 Å². The Balaban J connectivity index is 2.06. The molecular weight excluding hydrogens is 244 g/mol. The molecule has 2 aromatic heterocycles. The Morgan fingerprint density at radius 3 is 2.89 bits per heavy atom. The number of halogens is 1. The molecule has 0 unspecified atom stereocenters. The van der Waals surface area contributed by atoms with Crippen LogP contribution in [0.2, 0.25) is 5.02 Å². The first kappa shape index (κ1) is 11.3. The Bertz CT molecular complexity index is 701. The molecular formula is C15H13ClN2. The average Bonchev–Trinajstić information content (AvgIpc) is 2.77. The Kier molecular flexibility index (Phi) is 2.80. The summed E-state index contributed by atoms with van der Waals surface area (Å²) >= 11 is 6.18. The number of hydrogen-bond donors (Lipinski definition) is 0. The number of aryl methyl sites for hydroxylation is 1. The summed E-state index contributed by atoms with van der Waals surface area (Å²) in [5.41, 5.74) is 3.45. The van der Waals surface area contributed by atoms with Crippen molar-refractivity contribution < 1.29 is 0 Å². The van der Waals surface area contributed by atoms with E-state index in [1.807, 2.05) is 24.4 Å². The molecule has 0 aliphatic rings.